The van der Waals surface area contributed by atoms with E-state index in [0.717, 1.165) is 54.1 Å². The Morgan fingerprint density at radius 1 is 1.12 bits per heavy atom. The summed E-state index contributed by atoms with van der Waals surface area (Å²) in [5, 5.41) is 6.89. The van der Waals surface area contributed by atoms with E-state index in [0.29, 0.717) is 13.1 Å². The number of anilines is 1. The number of rotatable bonds is 6. The number of nitrogens with zero attached hydrogens (tertiary/aromatic N) is 4. The van der Waals surface area contributed by atoms with Crippen molar-refractivity contribution in [1.29, 1.82) is 0 Å². The van der Waals surface area contributed by atoms with Gasteiger partial charge in [-0.15, -0.1) is 0 Å². The quantitative estimate of drug-likeness (QED) is 0.540. The van der Waals surface area contributed by atoms with Crippen molar-refractivity contribution >= 4 is 23.7 Å². The molecule has 2 fully saturated rings. The SMILES string of the molecule is COc1cccc(CN2C(=O)N(c3ccc(-c4cn[nH]c4)cc3)CC23CCN(SC)CC3)c1. The first-order valence-corrected chi connectivity index (χ1v) is 12.4. The molecule has 172 valence electrons. The molecule has 0 unspecified atom stereocenters. The lowest BCUT2D eigenvalue weighted by atomic mass is 9.87. The second-order valence-corrected chi connectivity index (χ2v) is 9.56. The van der Waals surface area contributed by atoms with Gasteiger partial charge in [-0.2, -0.15) is 5.10 Å². The smallest absolute Gasteiger partial charge is 0.325 e. The summed E-state index contributed by atoms with van der Waals surface area (Å²) in [6.07, 6.45) is 7.74. The van der Waals surface area contributed by atoms with Gasteiger partial charge in [-0.3, -0.25) is 14.3 Å². The van der Waals surface area contributed by atoms with E-state index in [-0.39, 0.29) is 11.6 Å². The van der Waals surface area contributed by atoms with Crippen molar-refractivity contribution in [3.05, 3.63) is 66.5 Å². The highest BCUT2D eigenvalue weighted by atomic mass is 32.2. The number of aromatic nitrogens is 2. The van der Waals surface area contributed by atoms with Crippen molar-refractivity contribution in [2.24, 2.45) is 0 Å². The number of urea groups is 1. The number of carbonyl (C=O) groups is 1. The maximum atomic E-state index is 13.8. The van der Waals surface area contributed by atoms with Crippen molar-refractivity contribution in [3.63, 3.8) is 0 Å². The number of benzene rings is 2. The first-order chi connectivity index (χ1) is 16.1. The molecule has 0 radical (unpaired) electrons. The van der Waals surface area contributed by atoms with Gasteiger partial charge in [0.1, 0.15) is 5.75 Å². The maximum Gasteiger partial charge on any atom is 0.325 e. The fourth-order valence-corrected chi connectivity index (χ4v) is 5.49. The second kappa shape index (κ2) is 9.11. The molecule has 0 saturated carbocycles. The molecule has 0 atom stereocenters. The van der Waals surface area contributed by atoms with Gasteiger partial charge >= 0.3 is 6.03 Å². The summed E-state index contributed by atoms with van der Waals surface area (Å²) in [5.74, 6) is 0.817. The standard InChI is InChI=1S/C25H29N5O2S/c1-32-23-5-3-4-19(14-23)17-30-24(31)29(18-25(30)10-12-28(33-2)13-11-25)22-8-6-20(7-9-22)21-15-26-27-16-21/h3-9,14-16H,10-13,17-18H2,1-2H3,(H,26,27). The summed E-state index contributed by atoms with van der Waals surface area (Å²) in [4.78, 5) is 17.8. The lowest BCUT2D eigenvalue weighted by Crippen LogP contribution is -2.53. The van der Waals surface area contributed by atoms with Crippen molar-refractivity contribution in [1.82, 2.24) is 19.4 Å². The van der Waals surface area contributed by atoms with Crippen LogP contribution in [-0.4, -0.2) is 64.0 Å². The first-order valence-electron chi connectivity index (χ1n) is 11.2. The molecule has 2 aliphatic rings. The van der Waals surface area contributed by atoms with E-state index in [2.05, 4.69) is 43.9 Å². The fraction of sp³-hybridized carbons (Fsp3) is 0.360. The maximum absolute atomic E-state index is 13.8. The van der Waals surface area contributed by atoms with E-state index < -0.39 is 0 Å². The van der Waals surface area contributed by atoms with Gasteiger partial charge < -0.3 is 9.64 Å². The summed E-state index contributed by atoms with van der Waals surface area (Å²) < 4.78 is 7.80. The third-order valence-corrected chi connectivity index (χ3v) is 7.77. The van der Waals surface area contributed by atoms with Crippen LogP contribution < -0.4 is 9.64 Å². The van der Waals surface area contributed by atoms with Gasteiger partial charge in [0.05, 0.1) is 25.4 Å². The molecule has 33 heavy (non-hydrogen) atoms. The third-order valence-electron chi connectivity index (χ3n) is 6.88. The Bertz CT molecular complexity index is 1090. The number of amides is 2. The summed E-state index contributed by atoms with van der Waals surface area (Å²) in [5.41, 5.74) is 3.97. The first kappa shape index (κ1) is 21.9. The summed E-state index contributed by atoms with van der Waals surface area (Å²) in [6, 6.07) is 16.3. The minimum Gasteiger partial charge on any atom is -0.497 e. The van der Waals surface area contributed by atoms with Crippen LogP contribution in [0, 0.1) is 0 Å². The van der Waals surface area contributed by atoms with Crippen LogP contribution in [0.15, 0.2) is 60.9 Å². The van der Waals surface area contributed by atoms with E-state index in [1.165, 1.54) is 0 Å². The third kappa shape index (κ3) is 4.20. The normalized spacial score (nSPS) is 18.3. The Labute approximate surface area is 198 Å². The van der Waals surface area contributed by atoms with Crippen LogP contribution in [0.25, 0.3) is 11.1 Å². The van der Waals surface area contributed by atoms with Gasteiger partial charge in [-0.05, 0) is 54.5 Å². The molecule has 1 aromatic heterocycles. The lowest BCUT2D eigenvalue weighted by molar-refractivity contribution is 0.102. The Kier molecular flexibility index (Phi) is 6.03. The predicted octanol–water partition coefficient (Wildman–Crippen LogP) is 4.64. The van der Waals surface area contributed by atoms with E-state index in [1.807, 2.05) is 41.4 Å². The van der Waals surface area contributed by atoms with Crippen LogP contribution in [0.4, 0.5) is 10.5 Å². The molecule has 2 aromatic carbocycles. The van der Waals surface area contributed by atoms with Gasteiger partial charge in [0.2, 0.25) is 0 Å². The summed E-state index contributed by atoms with van der Waals surface area (Å²) in [7, 11) is 1.68. The molecule has 3 heterocycles. The van der Waals surface area contributed by atoms with Crippen molar-refractivity contribution < 1.29 is 9.53 Å². The highest BCUT2D eigenvalue weighted by molar-refractivity contribution is 7.96. The van der Waals surface area contributed by atoms with Crippen LogP contribution in [-0.2, 0) is 6.54 Å². The molecule has 1 N–H and O–H groups in total. The highest BCUT2D eigenvalue weighted by Crippen LogP contribution is 2.40. The number of aromatic amines is 1. The molecular formula is C25H29N5O2S. The number of carbonyl (C=O) groups excluding carboxylic acids is 1. The Morgan fingerprint density at radius 3 is 2.58 bits per heavy atom. The number of H-pyrrole nitrogens is 1. The molecule has 8 heteroatoms. The number of nitrogens with one attached hydrogen (secondary N) is 1. The zero-order chi connectivity index (χ0) is 22.8. The number of hydrogen-bond acceptors (Lipinski definition) is 5. The molecule has 7 nitrogen and oxygen atoms in total. The van der Waals surface area contributed by atoms with Crippen molar-refractivity contribution in [2.45, 2.75) is 24.9 Å². The minimum absolute atomic E-state index is 0.0754. The summed E-state index contributed by atoms with van der Waals surface area (Å²) >= 11 is 1.79. The predicted molar refractivity (Wildman–Crippen MR) is 132 cm³/mol. The molecule has 2 saturated heterocycles. The number of methoxy groups -OCH3 is 1. The Balaban J connectivity index is 1.43. The number of piperidine rings is 1. The largest absolute Gasteiger partial charge is 0.497 e. The molecule has 1 spiro atoms. The second-order valence-electron chi connectivity index (χ2n) is 8.68. The van der Waals surface area contributed by atoms with Gasteiger partial charge in [0.25, 0.3) is 0 Å². The van der Waals surface area contributed by atoms with Gasteiger partial charge in [-0.25, -0.2) is 4.79 Å². The minimum atomic E-state index is -0.171. The average Bonchev–Trinajstić information content (AvgIpc) is 3.49. The van der Waals surface area contributed by atoms with Crippen molar-refractivity contribution in [3.8, 4) is 16.9 Å². The molecule has 0 aliphatic carbocycles. The molecular weight excluding hydrogens is 434 g/mol. The molecule has 2 aliphatic heterocycles. The van der Waals surface area contributed by atoms with Crippen molar-refractivity contribution in [2.75, 3.05) is 37.9 Å². The molecule has 0 bridgehead atoms. The zero-order valence-electron chi connectivity index (χ0n) is 19.0. The van der Waals surface area contributed by atoms with Gasteiger partial charge in [0.15, 0.2) is 0 Å². The van der Waals surface area contributed by atoms with Crippen LogP contribution in [0.5, 0.6) is 5.75 Å². The fourth-order valence-electron chi connectivity index (χ4n) is 4.94. The molecule has 5 rings (SSSR count). The van der Waals surface area contributed by atoms with Crippen LogP contribution in [0.3, 0.4) is 0 Å². The van der Waals surface area contributed by atoms with Gasteiger partial charge in [0, 0.05) is 37.1 Å². The topological polar surface area (TPSA) is 64.7 Å². The monoisotopic (exact) mass is 463 g/mol. The highest BCUT2D eigenvalue weighted by Gasteiger charge is 2.51. The van der Waals surface area contributed by atoms with Crippen LogP contribution in [0.2, 0.25) is 0 Å². The zero-order valence-corrected chi connectivity index (χ0v) is 19.8. The molecule has 3 aromatic rings. The van der Waals surface area contributed by atoms with E-state index in [4.69, 9.17) is 4.74 Å². The molecule has 2 amide bonds. The van der Waals surface area contributed by atoms with Crippen LogP contribution in [0.1, 0.15) is 18.4 Å². The van der Waals surface area contributed by atoms with E-state index >= 15 is 0 Å². The number of ether oxygens (including phenoxy) is 1. The lowest BCUT2D eigenvalue weighted by Gasteiger charge is -2.43. The summed E-state index contributed by atoms with van der Waals surface area (Å²) in [6.45, 7) is 3.26. The Hall–Kier alpha value is -2.97. The van der Waals surface area contributed by atoms with E-state index in [9.17, 15) is 4.79 Å². The van der Waals surface area contributed by atoms with Gasteiger partial charge in [-0.1, -0.05) is 36.2 Å². The van der Waals surface area contributed by atoms with E-state index in [1.54, 1.807) is 25.3 Å². The Morgan fingerprint density at radius 2 is 1.91 bits per heavy atom. The number of hydrogen-bond donors (Lipinski definition) is 1. The van der Waals surface area contributed by atoms with Crippen LogP contribution >= 0.6 is 11.9 Å². The average molecular weight is 464 g/mol.